The lowest BCUT2D eigenvalue weighted by molar-refractivity contribution is -0.137. The third kappa shape index (κ3) is 3.63. The number of rotatable bonds is 3. The SMILES string of the molecule is CCOC(=O)N1CCN(C(=O)C2CC(=O)N(c3ccccc3F)C2)CC1. The van der Waals surface area contributed by atoms with Gasteiger partial charge < -0.3 is 19.4 Å². The summed E-state index contributed by atoms with van der Waals surface area (Å²) in [4.78, 5) is 41.3. The number of piperazine rings is 1. The van der Waals surface area contributed by atoms with E-state index in [1.165, 1.54) is 17.0 Å². The number of carbonyl (C=O) groups is 3. The predicted octanol–water partition coefficient (Wildman–Crippen LogP) is 1.48. The van der Waals surface area contributed by atoms with Crippen LogP contribution in [-0.2, 0) is 14.3 Å². The van der Waals surface area contributed by atoms with Gasteiger partial charge in [-0.1, -0.05) is 12.1 Å². The summed E-state index contributed by atoms with van der Waals surface area (Å²) in [6, 6.07) is 6.06. The van der Waals surface area contributed by atoms with Crippen molar-refractivity contribution in [3.05, 3.63) is 30.1 Å². The highest BCUT2D eigenvalue weighted by Crippen LogP contribution is 2.28. The normalized spacial score (nSPS) is 20.5. The fourth-order valence-corrected chi connectivity index (χ4v) is 3.36. The average molecular weight is 363 g/mol. The average Bonchev–Trinajstić information content (AvgIpc) is 3.03. The van der Waals surface area contributed by atoms with Crippen molar-refractivity contribution in [2.75, 3.05) is 44.2 Å². The van der Waals surface area contributed by atoms with Crippen molar-refractivity contribution in [1.29, 1.82) is 0 Å². The van der Waals surface area contributed by atoms with Gasteiger partial charge in [-0.15, -0.1) is 0 Å². The summed E-state index contributed by atoms with van der Waals surface area (Å²) in [6.45, 7) is 3.86. The third-order valence-electron chi connectivity index (χ3n) is 4.73. The summed E-state index contributed by atoms with van der Waals surface area (Å²) in [6.07, 6.45) is -0.299. The van der Waals surface area contributed by atoms with Crippen molar-refractivity contribution < 1.29 is 23.5 Å². The van der Waals surface area contributed by atoms with E-state index in [9.17, 15) is 18.8 Å². The molecule has 0 aliphatic carbocycles. The van der Waals surface area contributed by atoms with E-state index in [0.717, 1.165) is 0 Å². The zero-order valence-electron chi connectivity index (χ0n) is 14.7. The van der Waals surface area contributed by atoms with Gasteiger partial charge in [0.1, 0.15) is 5.82 Å². The van der Waals surface area contributed by atoms with E-state index in [1.54, 1.807) is 28.9 Å². The summed E-state index contributed by atoms with van der Waals surface area (Å²) in [5, 5.41) is 0. The molecule has 0 N–H and O–H groups in total. The second-order valence-corrected chi connectivity index (χ2v) is 6.37. The maximum absolute atomic E-state index is 13.9. The molecule has 26 heavy (non-hydrogen) atoms. The van der Waals surface area contributed by atoms with E-state index in [-0.39, 0.29) is 36.6 Å². The smallest absolute Gasteiger partial charge is 0.409 e. The second kappa shape index (κ2) is 7.72. The van der Waals surface area contributed by atoms with Crippen molar-refractivity contribution in [2.24, 2.45) is 5.92 Å². The van der Waals surface area contributed by atoms with Crippen LogP contribution in [0.1, 0.15) is 13.3 Å². The van der Waals surface area contributed by atoms with E-state index < -0.39 is 11.7 Å². The van der Waals surface area contributed by atoms with Crippen LogP contribution in [0.3, 0.4) is 0 Å². The Hall–Kier alpha value is -2.64. The monoisotopic (exact) mass is 363 g/mol. The largest absolute Gasteiger partial charge is 0.450 e. The van der Waals surface area contributed by atoms with Gasteiger partial charge in [-0.05, 0) is 19.1 Å². The number of carbonyl (C=O) groups excluding carboxylic acids is 3. The van der Waals surface area contributed by atoms with E-state index in [1.807, 2.05) is 0 Å². The van der Waals surface area contributed by atoms with E-state index in [4.69, 9.17) is 4.74 Å². The number of halogens is 1. The number of para-hydroxylation sites is 1. The first kappa shape index (κ1) is 18.2. The van der Waals surface area contributed by atoms with Crippen molar-refractivity contribution in [3.63, 3.8) is 0 Å². The summed E-state index contributed by atoms with van der Waals surface area (Å²) in [5.41, 5.74) is 0.208. The van der Waals surface area contributed by atoms with Crippen LogP contribution in [0.25, 0.3) is 0 Å². The Morgan fingerprint density at radius 3 is 2.46 bits per heavy atom. The summed E-state index contributed by atoms with van der Waals surface area (Å²) < 4.78 is 18.9. The Morgan fingerprint density at radius 2 is 1.81 bits per heavy atom. The predicted molar refractivity (Wildman–Crippen MR) is 92.0 cm³/mol. The molecule has 0 spiro atoms. The molecule has 2 fully saturated rings. The van der Waals surface area contributed by atoms with E-state index >= 15 is 0 Å². The molecule has 2 heterocycles. The molecule has 0 bridgehead atoms. The first-order chi connectivity index (χ1) is 12.5. The van der Waals surface area contributed by atoms with Crippen LogP contribution in [0.15, 0.2) is 24.3 Å². The molecule has 0 aromatic heterocycles. The molecule has 1 aromatic carbocycles. The first-order valence-electron chi connectivity index (χ1n) is 8.76. The molecule has 2 aliphatic rings. The first-order valence-corrected chi connectivity index (χ1v) is 8.76. The van der Waals surface area contributed by atoms with Crippen molar-refractivity contribution in [2.45, 2.75) is 13.3 Å². The standard InChI is InChI=1S/C18H22FN3O4/c1-2-26-18(25)21-9-7-20(8-10-21)17(24)13-11-16(23)22(12-13)15-6-4-3-5-14(15)19/h3-6,13H,2,7-12H2,1H3. The van der Waals surface area contributed by atoms with Crippen LogP contribution in [0.2, 0.25) is 0 Å². The highest BCUT2D eigenvalue weighted by atomic mass is 19.1. The Labute approximate surface area is 151 Å². The van der Waals surface area contributed by atoms with Gasteiger partial charge in [-0.2, -0.15) is 0 Å². The van der Waals surface area contributed by atoms with Crippen molar-refractivity contribution >= 4 is 23.6 Å². The Balaban J connectivity index is 1.59. The number of anilines is 1. The van der Waals surface area contributed by atoms with Gasteiger partial charge in [0.2, 0.25) is 11.8 Å². The highest BCUT2D eigenvalue weighted by molar-refractivity contribution is 6.00. The number of benzene rings is 1. The number of hydrogen-bond donors (Lipinski definition) is 0. The molecule has 3 rings (SSSR count). The molecule has 8 heteroatoms. The van der Waals surface area contributed by atoms with Crippen LogP contribution in [0, 0.1) is 11.7 Å². The van der Waals surface area contributed by atoms with Gasteiger partial charge >= 0.3 is 6.09 Å². The van der Waals surface area contributed by atoms with E-state index in [0.29, 0.717) is 32.8 Å². The highest BCUT2D eigenvalue weighted by Gasteiger charge is 2.39. The molecule has 140 valence electrons. The maximum Gasteiger partial charge on any atom is 0.409 e. The number of ether oxygens (including phenoxy) is 1. The van der Waals surface area contributed by atoms with Gasteiger partial charge in [0.25, 0.3) is 0 Å². The Kier molecular flexibility index (Phi) is 5.39. The molecule has 0 radical (unpaired) electrons. The minimum absolute atomic E-state index is 0.0747. The molecule has 1 unspecified atom stereocenters. The van der Waals surface area contributed by atoms with Gasteiger partial charge in [-0.3, -0.25) is 9.59 Å². The van der Waals surface area contributed by atoms with Gasteiger partial charge in [0.15, 0.2) is 0 Å². The van der Waals surface area contributed by atoms with Crippen LogP contribution in [0.4, 0.5) is 14.9 Å². The lowest BCUT2D eigenvalue weighted by Gasteiger charge is -2.35. The van der Waals surface area contributed by atoms with Crippen LogP contribution in [0.5, 0.6) is 0 Å². The second-order valence-electron chi connectivity index (χ2n) is 6.37. The summed E-state index contributed by atoms with van der Waals surface area (Å²) in [5.74, 6) is -1.34. The van der Waals surface area contributed by atoms with Gasteiger partial charge in [0, 0.05) is 39.1 Å². The Bertz CT molecular complexity index is 703. The minimum atomic E-state index is -0.490. The lowest BCUT2D eigenvalue weighted by atomic mass is 10.1. The van der Waals surface area contributed by atoms with Crippen LogP contribution < -0.4 is 4.90 Å². The zero-order valence-corrected chi connectivity index (χ0v) is 14.7. The van der Waals surface area contributed by atoms with Crippen molar-refractivity contribution in [1.82, 2.24) is 9.80 Å². The van der Waals surface area contributed by atoms with Gasteiger partial charge in [-0.25, -0.2) is 9.18 Å². The molecule has 1 atom stereocenters. The molecule has 0 saturated carbocycles. The van der Waals surface area contributed by atoms with Crippen LogP contribution in [-0.4, -0.2) is 67.0 Å². The maximum atomic E-state index is 13.9. The number of amides is 3. The fourth-order valence-electron chi connectivity index (χ4n) is 3.36. The number of nitrogens with zero attached hydrogens (tertiary/aromatic N) is 3. The quantitative estimate of drug-likeness (QED) is 0.816. The molecular weight excluding hydrogens is 341 g/mol. The lowest BCUT2D eigenvalue weighted by Crippen LogP contribution is -2.52. The Morgan fingerprint density at radius 1 is 1.15 bits per heavy atom. The molecule has 2 aliphatic heterocycles. The van der Waals surface area contributed by atoms with Gasteiger partial charge in [0.05, 0.1) is 18.2 Å². The third-order valence-corrected chi connectivity index (χ3v) is 4.73. The summed E-state index contributed by atoms with van der Waals surface area (Å²) >= 11 is 0. The van der Waals surface area contributed by atoms with Crippen LogP contribution >= 0.6 is 0 Å². The topological polar surface area (TPSA) is 70.2 Å². The molecular formula is C18H22FN3O4. The molecule has 2 saturated heterocycles. The zero-order chi connectivity index (χ0) is 18.7. The molecule has 1 aromatic rings. The number of hydrogen-bond acceptors (Lipinski definition) is 4. The summed E-state index contributed by atoms with van der Waals surface area (Å²) in [7, 11) is 0. The molecule has 7 nitrogen and oxygen atoms in total. The fraction of sp³-hybridized carbons (Fsp3) is 0.500. The van der Waals surface area contributed by atoms with E-state index in [2.05, 4.69) is 0 Å². The van der Waals surface area contributed by atoms with Crippen molar-refractivity contribution in [3.8, 4) is 0 Å². The molecule has 3 amide bonds. The minimum Gasteiger partial charge on any atom is -0.450 e.